The first-order valence-corrected chi connectivity index (χ1v) is 23.3. The summed E-state index contributed by atoms with van der Waals surface area (Å²) in [7, 11) is -8.73. The molecule has 0 aliphatic rings. The van der Waals surface area contributed by atoms with Crippen LogP contribution in [0.4, 0.5) is 0 Å². The van der Waals surface area contributed by atoms with Crippen LogP contribution in [0, 0.1) is 0 Å². The Labute approximate surface area is 205 Å². The first kappa shape index (κ1) is 30.2. The third-order valence-corrected chi connectivity index (χ3v) is 19.6. The summed E-state index contributed by atoms with van der Waals surface area (Å²) in [5, 5.41) is 1.26. The van der Waals surface area contributed by atoms with Crippen LogP contribution in [-0.4, -0.2) is 59.5 Å². The molecule has 10 heteroatoms. The second-order valence-corrected chi connectivity index (χ2v) is 26.3. The van der Waals surface area contributed by atoms with Gasteiger partial charge in [0.15, 0.2) is 8.32 Å². The zero-order valence-corrected chi connectivity index (χ0v) is 26.1. The Bertz CT molecular complexity index is 764. The average Bonchev–Trinajstić information content (AvgIpc) is 2.64. The molecule has 0 heterocycles. The van der Waals surface area contributed by atoms with Crippen LogP contribution in [0.15, 0.2) is 42.5 Å². The molecule has 1 rings (SSSR count). The molecule has 6 nitrogen and oxygen atoms in total. The molecule has 1 atom stereocenters. The van der Waals surface area contributed by atoms with E-state index in [9.17, 15) is 4.79 Å². The Hall–Kier alpha value is -0.862. The summed E-state index contributed by atoms with van der Waals surface area (Å²) >= 11 is 0. The van der Waals surface area contributed by atoms with Crippen LogP contribution in [-0.2, 0) is 26.6 Å². The van der Waals surface area contributed by atoms with Gasteiger partial charge in [0.25, 0.3) is 0 Å². The Morgan fingerprint density at radius 2 is 1.39 bits per heavy atom. The summed E-state index contributed by atoms with van der Waals surface area (Å²) in [5.41, 5.74) is 0.396. The summed E-state index contributed by atoms with van der Waals surface area (Å²) in [6.07, 6.45) is 0.864. The van der Waals surface area contributed by atoms with Crippen LogP contribution in [0.3, 0.4) is 0 Å². The summed E-state index contributed by atoms with van der Waals surface area (Å²) in [5.74, 6) is -0.382. The molecule has 0 amide bonds. The van der Waals surface area contributed by atoms with Gasteiger partial charge in [-0.3, -0.25) is 0 Å². The lowest BCUT2D eigenvalue weighted by molar-refractivity contribution is -0.140. The normalized spacial score (nSPS) is 14.6. The maximum Gasteiger partial charge on any atom is 0.333 e. The van der Waals surface area contributed by atoms with Gasteiger partial charge in [0.1, 0.15) is 6.61 Å². The zero-order valence-electron chi connectivity index (χ0n) is 22.1. The van der Waals surface area contributed by atoms with Gasteiger partial charge in [-0.05, 0) is 77.0 Å². The summed E-state index contributed by atoms with van der Waals surface area (Å²) < 4.78 is 30.8. The molecule has 1 aromatic carbocycles. The molecule has 0 N–H and O–H groups in total. The van der Waals surface area contributed by atoms with Gasteiger partial charge in [0, 0.05) is 12.2 Å². The standard InChI is InChI=1S/C23H44O6Si4/c1-21(2)23(24)26-19-18-25-17-14-20-33(10,22-15-12-11-13-16-22)29-32(8,9)28-31(6,7)27-30(3,4)5/h11-13,15-16H,1,14,17-20H2,2-10H3. The highest BCUT2D eigenvalue weighted by Gasteiger charge is 2.44. The van der Waals surface area contributed by atoms with Crippen molar-refractivity contribution in [3.8, 4) is 0 Å². The van der Waals surface area contributed by atoms with E-state index in [0.29, 0.717) is 18.8 Å². The first-order chi connectivity index (χ1) is 15.1. The predicted molar refractivity (Wildman–Crippen MR) is 145 cm³/mol. The summed E-state index contributed by atoms with van der Waals surface area (Å²) in [6, 6.07) is 11.4. The van der Waals surface area contributed by atoms with E-state index in [1.54, 1.807) is 6.92 Å². The van der Waals surface area contributed by atoms with Crippen molar-refractivity contribution in [1.82, 2.24) is 0 Å². The molecule has 1 unspecified atom stereocenters. The van der Waals surface area contributed by atoms with Crippen LogP contribution in [0.2, 0.25) is 58.4 Å². The molecule has 0 bridgehead atoms. The fourth-order valence-electron chi connectivity index (χ4n) is 3.89. The molecule has 0 fully saturated rings. The van der Waals surface area contributed by atoms with Crippen molar-refractivity contribution in [2.75, 3.05) is 19.8 Å². The molecular formula is C23H44O6Si4. The Balaban J connectivity index is 2.75. The largest absolute Gasteiger partial charge is 0.460 e. The smallest absolute Gasteiger partial charge is 0.333 e. The van der Waals surface area contributed by atoms with Crippen molar-refractivity contribution >= 4 is 44.9 Å². The van der Waals surface area contributed by atoms with Crippen molar-refractivity contribution in [1.29, 1.82) is 0 Å². The van der Waals surface area contributed by atoms with Gasteiger partial charge in [-0.25, -0.2) is 4.79 Å². The van der Waals surface area contributed by atoms with Gasteiger partial charge in [-0.1, -0.05) is 36.9 Å². The number of carbonyl (C=O) groups excluding carboxylic acids is 1. The summed E-state index contributed by atoms with van der Waals surface area (Å²) in [6.45, 7) is 23.8. The van der Waals surface area contributed by atoms with Crippen molar-refractivity contribution in [3.63, 3.8) is 0 Å². The van der Waals surface area contributed by atoms with E-state index in [1.807, 2.05) is 6.07 Å². The lowest BCUT2D eigenvalue weighted by atomic mass is 10.4. The molecule has 188 valence electrons. The third kappa shape index (κ3) is 12.4. The van der Waals surface area contributed by atoms with Crippen LogP contribution >= 0.6 is 0 Å². The van der Waals surface area contributed by atoms with Crippen molar-refractivity contribution in [2.45, 2.75) is 71.8 Å². The van der Waals surface area contributed by atoms with Crippen molar-refractivity contribution < 1.29 is 26.6 Å². The lowest BCUT2D eigenvalue weighted by Gasteiger charge is -2.41. The first-order valence-electron chi connectivity index (χ1n) is 11.6. The minimum Gasteiger partial charge on any atom is -0.460 e. The third-order valence-electron chi connectivity index (χ3n) is 4.65. The Kier molecular flexibility index (Phi) is 11.6. The monoisotopic (exact) mass is 528 g/mol. The fourth-order valence-corrected chi connectivity index (χ4v) is 22.8. The van der Waals surface area contributed by atoms with Gasteiger partial charge in [-0.2, -0.15) is 0 Å². The number of esters is 1. The van der Waals surface area contributed by atoms with Crippen molar-refractivity contribution in [2.24, 2.45) is 0 Å². The molecule has 0 radical (unpaired) electrons. The topological polar surface area (TPSA) is 63.2 Å². The number of rotatable bonds is 15. The van der Waals surface area contributed by atoms with Crippen LogP contribution < -0.4 is 5.19 Å². The SMILES string of the molecule is C=C(C)C(=O)OCCOCCC[Si](C)(O[Si](C)(C)O[Si](C)(C)O[Si](C)(C)C)c1ccccc1. The second kappa shape index (κ2) is 12.7. The van der Waals surface area contributed by atoms with E-state index in [2.05, 4.69) is 83.2 Å². The van der Waals surface area contributed by atoms with Crippen molar-refractivity contribution in [3.05, 3.63) is 42.5 Å². The molecule has 0 saturated heterocycles. The molecular weight excluding hydrogens is 485 g/mol. The van der Waals surface area contributed by atoms with Gasteiger partial charge in [0.05, 0.1) is 6.61 Å². The van der Waals surface area contributed by atoms with Crippen LogP contribution in [0.1, 0.15) is 13.3 Å². The van der Waals surface area contributed by atoms with Gasteiger partial charge in [0.2, 0.25) is 8.32 Å². The highest BCUT2D eigenvalue weighted by Crippen LogP contribution is 2.26. The fraction of sp³-hybridized carbons (Fsp3) is 0.609. The number of benzene rings is 1. The quantitative estimate of drug-likeness (QED) is 0.133. The summed E-state index contributed by atoms with van der Waals surface area (Å²) in [4.78, 5) is 11.4. The van der Waals surface area contributed by atoms with Gasteiger partial charge >= 0.3 is 23.1 Å². The number of hydrogen-bond acceptors (Lipinski definition) is 6. The zero-order chi connectivity index (χ0) is 25.3. The van der Waals surface area contributed by atoms with Gasteiger partial charge < -0.3 is 21.8 Å². The number of ether oxygens (including phenoxy) is 2. The minimum atomic E-state index is -2.45. The van der Waals surface area contributed by atoms with E-state index in [1.165, 1.54) is 5.19 Å². The second-order valence-electron chi connectivity index (χ2n) is 10.4. The molecule has 0 spiro atoms. The molecule has 0 aliphatic carbocycles. The molecule has 0 saturated carbocycles. The number of carbonyl (C=O) groups is 1. The van der Waals surface area contributed by atoms with E-state index in [-0.39, 0.29) is 12.6 Å². The van der Waals surface area contributed by atoms with Crippen LogP contribution in [0.25, 0.3) is 0 Å². The molecule has 0 aromatic heterocycles. The maximum absolute atomic E-state index is 11.4. The van der Waals surface area contributed by atoms with Gasteiger partial charge in [-0.15, -0.1) is 0 Å². The highest BCUT2D eigenvalue weighted by molar-refractivity contribution is 6.94. The lowest BCUT2D eigenvalue weighted by Crippen LogP contribution is -2.60. The predicted octanol–water partition coefficient (Wildman–Crippen LogP) is 5.28. The number of hydrogen-bond donors (Lipinski definition) is 0. The molecule has 1 aromatic rings. The minimum absolute atomic E-state index is 0.236. The van der Waals surface area contributed by atoms with E-state index < -0.39 is 33.8 Å². The highest BCUT2D eigenvalue weighted by atomic mass is 28.5. The van der Waals surface area contributed by atoms with E-state index >= 15 is 0 Å². The van der Waals surface area contributed by atoms with Crippen LogP contribution in [0.5, 0.6) is 0 Å². The van der Waals surface area contributed by atoms with E-state index in [4.69, 9.17) is 21.8 Å². The van der Waals surface area contributed by atoms with E-state index in [0.717, 1.165) is 12.5 Å². The molecule has 0 aliphatic heterocycles. The maximum atomic E-state index is 11.4. The molecule has 33 heavy (non-hydrogen) atoms. The Morgan fingerprint density at radius 1 is 0.818 bits per heavy atom. The average molecular weight is 529 g/mol. The Morgan fingerprint density at radius 3 is 1.94 bits per heavy atom.